The van der Waals surface area contributed by atoms with Crippen molar-refractivity contribution in [2.45, 2.75) is 26.2 Å². The van der Waals surface area contributed by atoms with Gasteiger partial charge in [0.2, 0.25) is 11.8 Å². The van der Waals surface area contributed by atoms with Crippen LogP contribution in [0.25, 0.3) is 0 Å². The number of carbonyl (C=O) groups excluding carboxylic acids is 3. The zero-order valence-corrected chi connectivity index (χ0v) is 12.0. The summed E-state index contributed by atoms with van der Waals surface area (Å²) in [4.78, 5) is 44.5. The zero-order valence-electron chi connectivity index (χ0n) is 12.0. The highest BCUT2D eigenvalue weighted by Gasteiger charge is 2.09. The van der Waals surface area contributed by atoms with E-state index in [-0.39, 0.29) is 24.3 Å². The number of amides is 3. The van der Waals surface area contributed by atoms with Crippen LogP contribution >= 0.6 is 0 Å². The lowest BCUT2D eigenvalue weighted by atomic mass is 10.2. The monoisotopic (exact) mass is 307 g/mol. The Kier molecular flexibility index (Phi) is 6.55. The molecule has 1 aromatic carbocycles. The van der Waals surface area contributed by atoms with Gasteiger partial charge in [-0.25, -0.2) is 0 Å². The van der Waals surface area contributed by atoms with Crippen LogP contribution in [0.5, 0.6) is 0 Å². The number of hydrogen-bond acceptors (Lipinski definition) is 4. The largest absolute Gasteiger partial charge is 0.481 e. The van der Waals surface area contributed by atoms with Gasteiger partial charge >= 0.3 is 5.97 Å². The summed E-state index contributed by atoms with van der Waals surface area (Å²) in [5.74, 6) is -2.37. The molecule has 0 saturated carbocycles. The molecule has 0 fully saturated rings. The average Bonchev–Trinajstić information content (AvgIpc) is 2.51. The summed E-state index contributed by atoms with van der Waals surface area (Å²) in [6, 6.07) is 6.11. The number of rotatable bonds is 6. The first-order valence-electron chi connectivity index (χ1n) is 6.63. The van der Waals surface area contributed by atoms with Gasteiger partial charge in [-0.15, -0.1) is 0 Å². The highest BCUT2D eigenvalue weighted by molar-refractivity contribution is 5.96. The van der Waals surface area contributed by atoms with Crippen molar-refractivity contribution in [3.8, 4) is 0 Å². The first-order chi connectivity index (χ1) is 10.4. The lowest BCUT2D eigenvalue weighted by Gasteiger charge is -2.08. The summed E-state index contributed by atoms with van der Waals surface area (Å²) < 4.78 is 0. The van der Waals surface area contributed by atoms with Gasteiger partial charge in [-0.1, -0.05) is 6.92 Å². The third-order valence-electron chi connectivity index (χ3n) is 2.63. The van der Waals surface area contributed by atoms with Crippen LogP contribution in [0.4, 0.5) is 5.69 Å². The lowest BCUT2D eigenvalue weighted by Crippen LogP contribution is -2.41. The minimum absolute atomic E-state index is 0.136. The van der Waals surface area contributed by atoms with Gasteiger partial charge in [-0.3, -0.25) is 30.0 Å². The van der Waals surface area contributed by atoms with Crippen LogP contribution in [0.3, 0.4) is 0 Å². The zero-order chi connectivity index (χ0) is 16.5. The van der Waals surface area contributed by atoms with Crippen molar-refractivity contribution in [1.29, 1.82) is 0 Å². The number of carboxylic acid groups (broad SMARTS) is 1. The fourth-order valence-electron chi connectivity index (χ4n) is 1.44. The van der Waals surface area contributed by atoms with Crippen molar-refractivity contribution in [3.63, 3.8) is 0 Å². The van der Waals surface area contributed by atoms with Gasteiger partial charge in [-0.2, -0.15) is 0 Å². The Bertz CT molecular complexity index is 568. The first-order valence-corrected chi connectivity index (χ1v) is 6.63. The number of hydrazine groups is 1. The average molecular weight is 307 g/mol. The van der Waals surface area contributed by atoms with Gasteiger partial charge < -0.3 is 10.4 Å². The van der Waals surface area contributed by atoms with E-state index in [1.54, 1.807) is 19.1 Å². The maximum absolute atomic E-state index is 11.7. The maximum Gasteiger partial charge on any atom is 0.303 e. The molecule has 8 nitrogen and oxygen atoms in total. The molecule has 22 heavy (non-hydrogen) atoms. The van der Waals surface area contributed by atoms with Gasteiger partial charge in [0, 0.05) is 24.1 Å². The SMILES string of the molecule is CCC(=O)Nc1ccc(C(=O)NNC(=O)CCC(=O)O)cc1. The molecule has 1 rings (SSSR count). The number of hydrogen-bond donors (Lipinski definition) is 4. The normalized spacial score (nSPS) is 9.68. The minimum Gasteiger partial charge on any atom is -0.481 e. The third-order valence-corrected chi connectivity index (χ3v) is 2.63. The number of carbonyl (C=O) groups is 4. The molecule has 0 atom stereocenters. The van der Waals surface area contributed by atoms with E-state index in [1.807, 2.05) is 0 Å². The Labute approximate surface area is 126 Å². The smallest absolute Gasteiger partial charge is 0.303 e. The second-order valence-corrected chi connectivity index (χ2v) is 4.38. The van der Waals surface area contributed by atoms with Crippen molar-refractivity contribution in [2.75, 3.05) is 5.32 Å². The Morgan fingerprint density at radius 3 is 2.14 bits per heavy atom. The molecule has 4 N–H and O–H groups in total. The molecule has 118 valence electrons. The van der Waals surface area contributed by atoms with E-state index in [2.05, 4.69) is 16.2 Å². The summed E-state index contributed by atoms with van der Waals surface area (Å²) >= 11 is 0. The Hall–Kier alpha value is -2.90. The number of aliphatic carboxylic acids is 1. The van der Waals surface area contributed by atoms with Gasteiger partial charge in [0.05, 0.1) is 6.42 Å². The molecule has 0 aliphatic rings. The Morgan fingerprint density at radius 1 is 0.955 bits per heavy atom. The van der Waals surface area contributed by atoms with Gasteiger partial charge in [0.25, 0.3) is 5.91 Å². The highest BCUT2D eigenvalue weighted by Crippen LogP contribution is 2.09. The molecule has 3 amide bonds. The molecule has 1 aromatic rings. The summed E-state index contributed by atoms with van der Waals surface area (Å²) in [6.45, 7) is 1.73. The van der Waals surface area contributed by atoms with Gasteiger partial charge in [0.1, 0.15) is 0 Å². The topological polar surface area (TPSA) is 125 Å². The Balaban J connectivity index is 2.47. The van der Waals surface area contributed by atoms with Crippen molar-refractivity contribution < 1.29 is 24.3 Å². The van der Waals surface area contributed by atoms with Crippen LogP contribution in [-0.2, 0) is 14.4 Å². The minimum atomic E-state index is -1.09. The molecule has 0 aromatic heterocycles. The van der Waals surface area contributed by atoms with Gasteiger partial charge in [0.15, 0.2) is 0 Å². The van der Waals surface area contributed by atoms with Crippen molar-refractivity contribution >= 4 is 29.4 Å². The summed E-state index contributed by atoms with van der Waals surface area (Å²) in [5.41, 5.74) is 5.14. The first kappa shape index (κ1) is 17.2. The van der Waals surface area contributed by atoms with E-state index >= 15 is 0 Å². The molecule has 0 radical (unpaired) electrons. The fourth-order valence-corrected chi connectivity index (χ4v) is 1.44. The molecular formula is C14H17N3O5. The van der Waals surface area contributed by atoms with Crippen molar-refractivity contribution in [1.82, 2.24) is 10.9 Å². The molecule has 0 unspecified atom stereocenters. The molecule has 0 saturated heterocycles. The van der Waals surface area contributed by atoms with Crippen LogP contribution in [0, 0.1) is 0 Å². The number of benzene rings is 1. The summed E-state index contributed by atoms with van der Waals surface area (Å²) in [6.07, 6.45) is -0.185. The number of anilines is 1. The standard InChI is InChI=1S/C14H17N3O5/c1-2-11(18)15-10-5-3-9(4-6-10)14(22)17-16-12(19)7-8-13(20)21/h3-6H,2,7-8H2,1H3,(H,15,18)(H,16,19)(H,17,22)(H,20,21). The number of carboxylic acids is 1. The summed E-state index contributed by atoms with van der Waals surface area (Å²) in [7, 11) is 0. The fraction of sp³-hybridized carbons (Fsp3) is 0.286. The predicted octanol–water partition coefficient (Wildman–Crippen LogP) is 0.661. The van der Waals surface area contributed by atoms with E-state index in [9.17, 15) is 19.2 Å². The van der Waals surface area contributed by atoms with E-state index in [4.69, 9.17) is 5.11 Å². The van der Waals surface area contributed by atoms with E-state index < -0.39 is 17.8 Å². The molecule has 0 bridgehead atoms. The maximum atomic E-state index is 11.7. The van der Waals surface area contributed by atoms with Crippen molar-refractivity contribution in [2.24, 2.45) is 0 Å². The van der Waals surface area contributed by atoms with Gasteiger partial charge in [-0.05, 0) is 24.3 Å². The molecule has 0 heterocycles. The molecule has 8 heteroatoms. The molecule has 0 aliphatic heterocycles. The van der Waals surface area contributed by atoms with Crippen LogP contribution in [0.15, 0.2) is 24.3 Å². The predicted molar refractivity (Wildman–Crippen MR) is 77.8 cm³/mol. The van der Waals surface area contributed by atoms with Crippen LogP contribution in [0.2, 0.25) is 0 Å². The molecule has 0 aliphatic carbocycles. The second kappa shape index (κ2) is 8.40. The highest BCUT2D eigenvalue weighted by atomic mass is 16.4. The quantitative estimate of drug-likeness (QED) is 0.575. The Morgan fingerprint density at radius 2 is 1.59 bits per heavy atom. The number of nitrogens with one attached hydrogen (secondary N) is 3. The van der Waals surface area contributed by atoms with E-state index in [0.29, 0.717) is 12.1 Å². The van der Waals surface area contributed by atoms with Crippen molar-refractivity contribution in [3.05, 3.63) is 29.8 Å². The van der Waals surface area contributed by atoms with Crippen LogP contribution in [-0.4, -0.2) is 28.8 Å². The van der Waals surface area contributed by atoms with Crippen LogP contribution < -0.4 is 16.2 Å². The lowest BCUT2D eigenvalue weighted by molar-refractivity contribution is -0.138. The second-order valence-electron chi connectivity index (χ2n) is 4.38. The summed E-state index contributed by atoms with van der Waals surface area (Å²) in [5, 5.41) is 11.1. The third kappa shape index (κ3) is 6.04. The van der Waals surface area contributed by atoms with Crippen LogP contribution in [0.1, 0.15) is 36.5 Å². The molecular weight excluding hydrogens is 290 g/mol. The van der Waals surface area contributed by atoms with E-state index in [1.165, 1.54) is 12.1 Å². The van der Waals surface area contributed by atoms with E-state index in [0.717, 1.165) is 0 Å². The molecule has 0 spiro atoms.